The second-order valence-corrected chi connectivity index (χ2v) is 5.70. The van der Waals surface area contributed by atoms with E-state index in [1.165, 1.54) is 19.3 Å². The lowest BCUT2D eigenvalue weighted by atomic mass is 9.66. The maximum atomic E-state index is 10.7. The van der Waals surface area contributed by atoms with Gasteiger partial charge in [0.15, 0.2) is 0 Å². The summed E-state index contributed by atoms with van der Waals surface area (Å²) in [5.74, 6) is 0. The van der Waals surface area contributed by atoms with E-state index >= 15 is 0 Å². The van der Waals surface area contributed by atoms with Gasteiger partial charge in [-0.25, -0.2) is 0 Å². The van der Waals surface area contributed by atoms with Crippen molar-refractivity contribution in [3.05, 3.63) is 0 Å². The highest BCUT2D eigenvalue weighted by atomic mass is 16.3. The zero-order valence-corrected chi connectivity index (χ0v) is 13.0. The topological polar surface area (TPSA) is 20.2 Å². The predicted octanol–water partition coefficient (Wildman–Crippen LogP) is 5.17. The monoisotopic (exact) mass is 242 g/mol. The summed E-state index contributed by atoms with van der Waals surface area (Å²) in [6, 6.07) is 0. The van der Waals surface area contributed by atoms with Crippen LogP contribution in [0.3, 0.4) is 0 Å². The number of hydrogen-bond acceptors (Lipinski definition) is 1. The van der Waals surface area contributed by atoms with Gasteiger partial charge in [-0.1, -0.05) is 60.8 Å². The number of rotatable bonds is 9. The molecular weight excluding hydrogens is 208 g/mol. The first-order valence-electron chi connectivity index (χ1n) is 7.67. The maximum absolute atomic E-state index is 10.7. The van der Waals surface area contributed by atoms with E-state index in [2.05, 4.69) is 41.5 Å². The third-order valence-electron chi connectivity index (χ3n) is 5.70. The van der Waals surface area contributed by atoms with E-state index in [0.717, 1.165) is 25.7 Å². The first-order chi connectivity index (χ1) is 7.99. The minimum atomic E-state index is -0.137. The Morgan fingerprint density at radius 3 is 1.29 bits per heavy atom. The number of hydrogen-bond donors (Lipinski definition) is 1. The third kappa shape index (κ3) is 3.71. The fourth-order valence-electron chi connectivity index (χ4n) is 3.27. The Balaban J connectivity index is 4.85. The van der Waals surface area contributed by atoms with Gasteiger partial charge in [0.1, 0.15) is 0 Å². The van der Waals surface area contributed by atoms with Gasteiger partial charge in [0, 0.05) is 0 Å². The lowest BCUT2D eigenvalue weighted by Crippen LogP contribution is -2.38. The average molecular weight is 242 g/mol. The molecule has 0 rings (SSSR count). The molecule has 0 aliphatic rings. The van der Waals surface area contributed by atoms with Crippen LogP contribution in [-0.4, -0.2) is 11.2 Å². The number of aliphatic hydroxyl groups is 1. The van der Waals surface area contributed by atoms with Gasteiger partial charge in [-0.05, 0) is 36.5 Å². The van der Waals surface area contributed by atoms with Gasteiger partial charge in [0.2, 0.25) is 0 Å². The van der Waals surface area contributed by atoms with Crippen molar-refractivity contribution in [2.24, 2.45) is 10.8 Å². The van der Waals surface area contributed by atoms with E-state index in [1.807, 2.05) is 0 Å². The second kappa shape index (κ2) is 7.41. The largest absolute Gasteiger partial charge is 0.393 e. The van der Waals surface area contributed by atoms with Crippen LogP contribution in [0, 0.1) is 10.8 Å². The predicted molar refractivity (Wildman–Crippen MR) is 77.2 cm³/mol. The van der Waals surface area contributed by atoms with Gasteiger partial charge in [-0.3, -0.25) is 0 Å². The summed E-state index contributed by atoms with van der Waals surface area (Å²) in [5.41, 5.74) is 0.495. The molecule has 0 fully saturated rings. The molecule has 0 radical (unpaired) electrons. The third-order valence-corrected chi connectivity index (χ3v) is 5.70. The molecule has 0 aliphatic heterocycles. The van der Waals surface area contributed by atoms with Crippen molar-refractivity contribution in [3.63, 3.8) is 0 Å². The molecule has 104 valence electrons. The van der Waals surface area contributed by atoms with E-state index in [-0.39, 0.29) is 11.5 Å². The number of aliphatic hydroxyl groups excluding tert-OH is 1. The first-order valence-corrected chi connectivity index (χ1v) is 7.67. The van der Waals surface area contributed by atoms with Crippen molar-refractivity contribution < 1.29 is 5.11 Å². The van der Waals surface area contributed by atoms with Crippen LogP contribution in [0.25, 0.3) is 0 Å². The van der Waals surface area contributed by atoms with Gasteiger partial charge in [-0.15, -0.1) is 0 Å². The second-order valence-electron chi connectivity index (χ2n) is 5.70. The molecule has 0 aliphatic carbocycles. The first kappa shape index (κ1) is 17.0. The summed E-state index contributed by atoms with van der Waals surface area (Å²) in [6.45, 7) is 13.5. The molecule has 1 nitrogen and oxygen atoms in total. The molecule has 0 saturated heterocycles. The van der Waals surface area contributed by atoms with Crippen molar-refractivity contribution in [2.45, 2.75) is 92.6 Å². The Labute approximate surface area is 109 Å². The van der Waals surface area contributed by atoms with Gasteiger partial charge >= 0.3 is 0 Å². The van der Waals surface area contributed by atoms with Crippen LogP contribution >= 0.6 is 0 Å². The molecule has 0 amide bonds. The van der Waals surface area contributed by atoms with Crippen molar-refractivity contribution in [1.82, 2.24) is 0 Å². The van der Waals surface area contributed by atoms with Gasteiger partial charge in [0.25, 0.3) is 0 Å². The van der Waals surface area contributed by atoms with E-state index in [0.29, 0.717) is 5.41 Å². The summed E-state index contributed by atoms with van der Waals surface area (Å²) in [6.07, 6.45) is 7.67. The van der Waals surface area contributed by atoms with Crippen molar-refractivity contribution in [1.29, 1.82) is 0 Å². The zero-order chi connectivity index (χ0) is 13.5. The van der Waals surface area contributed by atoms with Crippen molar-refractivity contribution >= 4 is 0 Å². The molecular formula is C16H34O. The highest BCUT2D eigenvalue weighted by Crippen LogP contribution is 2.43. The molecule has 1 atom stereocenters. The van der Waals surface area contributed by atoms with Crippen LogP contribution in [0.4, 0.5) is 0 Å². The van der Waals surface area contributed by atoms with Crippen LogP contribution in [0.2, 0.25) is 0 Å². The van der Waals surface area contributed by atoms with Crippen LogP contribution in [0.1, 0.15) is 86.5 Å². The lowest BCUT2D eigenvalue weighted by Gasteiger charge is -2.41. The molecule has 0 heterocycles. The highest BCUT2D eigenvalue weighted by Gasteiger charge is 2.37. The average Bonchev–Trinajstić information content (AvgIpc) is 2.39. The SMILES string of the molecule is CCC(CC)(CC)CC(O)C(CC)(CC)CC. The summed E-state index contributed by atoms with van der Waals surface area (Å²) < 4.78 is 0. The van der Waals surface area contributed by atoms with Gasteiger partial charge < -0.3 is 5.11 Å². The lowest BCUT2D eigenvalue weighted by molar-refractivity contribution is -0.0253. The normalized spacial score (nSPS) is 15.0. The van der Waals surface area contributed by atoms with Gasteiger partial charge in [0.05, 0.1) is 6.10 Å². The molecule has 1 N–H and O–H groups in total. The molecule has 1 heteroatoms. The maximum Gasteiger partial charge on any atom is 0.0601 e. The minimum Gasteiger partial charge on any atom is -0.393 e. The Kier molecular flexibility index (Phi) is 7.39. The molecule has 0 aromatic heterocycles. The van der Waals surface area contributed by atoms with Crippen molar-refractivity contribution in [3.8, 4) is 0 Å². The van der Waals surface area contributed by atoms with Crippen LogP contribution in [0.15, 0.2) is 0 Å². The Morgan fingerprint density at radius 1 is 0.706 bits per heavy atom. The summed E-state index contributed by atoms with van der Waals surface area (Å²) in [4.78, 5) is 0. The molecule has 0 saturated carbocycles. The molecule has 0 spiro atoms. The van der Waals surface area contributed by atoms with Gasteiger partial charge in [-0.2, -0.15) is 0 Å². The quantitative estimate of drug-likeness (QED) is 0.591. The van der Waals surface area contributed by atoms with Crippen molar-refractivity contribution in [2.75, 3.05) is 0 Å². The Morgan fingerprint density at radius 2 is 1.06 bits per heavy atom. The van der Waals surface area contributed by atoms with Crippen LogP contribution in [-0.2, 0) is 0 Å². The molecule has 0 aromatic rings. The van der Waals surface area contributed by atoms with Crippen LogP contribution < -0.4 is 0 Å². The smallest absolute Gasteiger partial charge is 0.0601 e. The summed E-state index contributed by atoms with van der Waals surface area (Å²) >= 11 is 0. The zero-order valence-electron chi connectivity index (χ0n) is 13.0. The molecule has 0 aromatic carbocycles. The summed E-state index contributed by atoms with van der Waals surface area (Å²) in [5, 5.41) is 10.7. The fourth-order valence-corrected chi connectivity index (χ4v) is 3.27. The summed E-state index contributed by atoms with van der Waals surface area (Å²) in [7, 11) is 0. The standard InChI is InChI=1S/C16H34O/c1-7-15(8-2,9-3)13-14(17)16(10-4,11-5)12-6/h14,17H,7-13H2,1-6H3. The Bertz CT molecular complexity index is 173. The highest BCUT2D eigenvalue weighted by molar-refractivity contribution is 4.88. The Hall–Kier alpha value is -0.0400. The van der Waals surface area contributed by atoms with E-state index in [1.54, 1.807) is 0 Å². The molecule has 17 heavy (non-hydrogen) atoms. The minimum absolute atomic E-state index is 0.137. The van der Waals surface area contributed by atoms with Crippen LogP contribution in [0.5, 0.6) is 0 Å². The van der Waals surface area contributed by atoms with E-state index < -0.39 is 0 Å². The van der Waals surface area contributed by atoms with E-state index in [9.17, 15) is 5.11 Å². The fraction of sp³-hybridized carbons (Fsp3) is 1.00. The molecule has 0 bridgehead atoms. The molecule has 1 unspecified atom stereocenters. The van der Waals surface area contributed by atoms with E-state index in [4.69, 9.17) is 0 Å².